The normalized spacial score (nSPS) is 12.0. The monoisotopic (exact) mass is 287 g/mol. The zero-order chi connectivity index (χ0) is 15.1. The SMILES string of the molecule is CCCCCCNC(N)=NCc1nc2c(C)cccc2[nH]1. The fourth-order valence-corrected chi connectivity index (χ4v) is 2.29. The quantitative estimate of drug-likeness (QED) is 0.416. The zero-order valence-electron chi connectivity index (χ0n) is 12.9. The van der Waals surface area contributed by atoms with Gasteiger partial charge in [-0.15, -0.1) is 0 Å². The first-order chi connectivity index (χ1) is 10.2. The number of nitrogens with two attached hydrogens (primary N) is 1. The summed E-state index contributed by atoms with van der Waals surface area (Å²) in [7, 11) is 0. The van der Waals surface area contributed by atoms with Crippen LogP contribution in [0.1, 0.15) is 44.0 Å². The van der Waals surface area contributed by atoms with Crippen LogP contribution in [0.3, 0.4) is 0 Å². The molecule has 0 amide bonds. The van der Waals surface area contributed by atoms with E-state index in [2.05, 4.69) is 40.2 Å². The number of unbranched alkanes of at least 4 members (excludes halogenated alkanes) is 3. The van der Waals surface area contributed by atoms with E-state index in [1.54, 1.807) is 0 Å². The van der Waals surface area contributed by atoms with E-state index >= 15 is 0 Å². The second-order valence-corrected chi connectivity index (χ2v) is 5.34. The van der Waals surface area contributed by atoms with E-state index in [9.17, 15) is 0 Å². The van der Waals surface area contributed by atoms with Crippen molar-refractivity contribution in [2.24, 2.45) is 10.7 Å². The first-order valence-electron chi connectivity index (χ1n) is 7.68. The molecule has 0 aliphatic heterocycles. The van der Waals surface area contributed by atoms with Crippen LogP contribution in [0.15, 0.2) is 23.2 Å². The van der Waals surface area contributed by atoms with Crippen molar-refractivity contribution in [3.05, 3.63) is 29.6 Å². The molecule has 5 nitrogen and oxygen atoms in total. The highest BCUT2D eigenvalue weighted by Gasteiger charge is 2.04. The molecule has 0 aliphatic rings. The number of benzene rings is 1. The number of aryl methyl sites for hydroxylation is 1. The molecule has 1 heterocycles. The molecule has 0 fully saturated rings. The zero-order valence-corrected chi connectivity index (χ0v) is 12.9. The topological polar surface area (TPSA) is 79.1 Å². The average molecular weight is 287 g/mol. The third-order valence-electron chi connectivity index (χ3n) is 3.50. The van der Waals surface area contributed by atoms with Gasteiger partial charge in [0, 0.05) is 6.54 Å². The molecule has 2 rings (SSSR count). The van der Waals surface area contributed by atoms with Crippen LogP contribution in [0.4, 0.5) is 0 Å². The summed E-state index contributed by atoms with van der Waals surface area (Å²) in [5.74, 6) is 1.33. The van der Waals surface area contributed by atoms with Gasteiger partial charge in [-0.2, -0.15) is 0 Å². The first kappa shape index (κ1) is 15.4. The number of aromatic amines is 1. The lowest BCUT2D eigenvalue weighted by Gasteiger charge is -2.04. The van der Waals surface area contributed by atoms with Crippen molar-refractivity contribution < 1.29 is 0 Å². The summed E-state index contributed by atoms with van der Waals surface area (Å²) in [5.41, 5.74) is 9.08. The van der Waals surface area contributed by atoms with Crippen LogP contribution in [-0.2, 0) is 6.54 Å². The number of para-hydroxylation sites is 1. The standard InChI is InChI=1S/C16H25N5/c1-3-4-5-6-10-18-16(17)19-11-14-20-13-9-7-8-12(2)15(13)21-14/h7-9H,3-6,10-11H2,1-2H3,(H,20,21)(H3,17,18,19). The number of hydrogen-bond donors (Lipinski definition) is 3. The third kappa shape index (κ3) is 4.48. The molecule has 0 spiro atoms. The van der Waals surface area contributed by atoms with E-state index in [4.69, 9.17) is 5.73 Å². The van der Waals surface area contributed by atoms with Crippen LogP contribution >= 0.6 is 0 Å². The molecule has 114 valence electrons. The van der Waals surface area contributed by atoms with Crippen LogP contribution in [-0.4, -0.2) is 22.5 Å². The molecule has 0 bridgehead atoms. The van der Waals surface area contributed by atoms with Gasteiger partial charge in [-0.1, -0.05) is 38.3 Å². The van der Waals surface area contributed by atoms with Crippen LogP contribution < -0.4 is 11.1 Å². The number of rotatable bonds is 7. The highest BCUT2D eigenvalue weighted by Crippen LogP contribution is 2.15. The molecule has 1 aromatic heterocycles. The van der Waals surface area contributed by atoms with E-state index in [0.717, 1.165) is 29.8 Å². The van der Waals surface area contributed by atoms with Gasteiger partial charge in [-0.25, -0.2) is 9.98 Å². The molecule has 21 heavy (non-hydrogen) atoms. The Morgan fingerprint density at radius 2 is 2.19 bits per heavy atom. The summed E-state index contributed by atoms with van der Waals surface area (Å²) in [5, 5.41) is 3.14. The highest BCUT2D eigenvalue weighted by atomic mass is 15.1. The number of fused-ring (bicyclic) bond motifs is 1. The Morgan fingerprint density at radius 1 is 1.33 bits per heavy atom. The molecule has 0 radical (unpaired) electrons. The predicted octanol–water partition coefficient (Wildman–Crippen LogP) is 2.86. The van der Waals surface area contributed by atoms with Crippen molar-refractivity contribution >= 4 is 17.0 Å². The fraction of sp³-hybridized carbons (Fsp3) is 0.500. The number of nitrogens with zero attached hydrogens (tertiary/aromatic N) is 2. The molecular weight excluding hydrogens is 262 g/mol. The number of aromatic nitrogens is 2. The fourth-order valence-electron chi connectivity index (χ4n) is 2.29. The van der Waals surface area contributed by atoms with E-state index in [-0.39, 0.29) is 0 Å². The van der Waals surface area contributed by atoms with Gasteiger partial charge in [0.2, 0.25) is 0 Å². The number of nitrogens with one attached hydrogen (secondary N) is 2. The van der Waals surface area contributed by atoms with Gasteiger partial charge in [0.1, 0.15) is 12.4 Å². The lowest BCUT2D eigenvalue weighted by Crippen LogP contribution is -2.32. The lowest BCUT2D eigenvalue weighted by molar-refractivity contribution is 0.652. The van der Waals surface area contributed by atoms with Crippen LogP contribution in [0, 0.1) is 6.92 Å². The molecule has 0 saturated heterocycles. The molecular formula is C16H25N5. The summed E-state index contributed by atoms with van der Waals surface area (Å²) in [6.07, 6.45) is 4.89. The van der Waals surface area contributed by atoms with Gasteiger partial charge in [-0.05, 0) is 25.0 Å². The summed E-state index contributed by atoms with van der Waals surface area (Å²) < 4.78 is 0. The first-order valence-corrected chi connectivity index (χ1v) is 7.68. The van der Waals surface area contributed by atoms with Crippen LogP contribution in [0.25, 0.3) is 11.0 Å². The lowest BCUT2D eigenvalue weighted by atomic mass is 10.2. The van der Waals surface area contributed by atoms with Gasteiger partial charge >= 0.3 is 0 Å². The van der Waals surface area contributed by atoms with Crippen molar-refractivity contribution in [1.29, 1.82) is 0 Å². The predicted molar refractivity (Wildman–Crippen MR) is 88.3 cm³/mol. The maximum atomic E-state index is 5.86. The maximum absolute atomic E-state index is 5.86. The Bertz CT molecular complexity index is 600. The van der Waals surface area contributed by atoms with Gasteiger partial charge in [0.05, 0.1) is 11.0 Å². The summed E-state index contributed by atoms with van der Waals surface area (Å²) in [6, 6.07) is 6.11. The van der Waals surface area contributed by atoms with Crippen molar-refractivity contribution in [1.82, 2.24) is 15.3 Å². The Labute approximate surface area is 126 Å². The van der Waals surface area contributed by atoms with E-state index < -0.39 is 0 Å². The summed E-state index contributed by atoms with van der Waals surface area (Å²) in [6.45, 7) is 5.62. The maximum Gasteiger partial charge on any atom is 0.189 e. The molecule has 0 unspecified atom stereocenters. The Morgan fingerprint density at radius 3 is 2.95 bits per heavy atom. The van der Waals surface area contributed by atoms with Crippen molar-refractivity contribution in [3.8, 4) is 0 Å². The van der Waals surface area contributed by atoms with E-state index in [0.29, 0.717) is 12.5 Å². The second-order valence-electron chi connectivity index (χ2n) is 5.34. The number of aliphatic imine (C=N–C) groups is 1. The molecule has 2 aromatic rings. The van der Waals surface area contributed by atoms with Gasteiger partial charge in [-0.3, -0.25) is 0 Å². The molecule has 0 aliphatic carbocycles. The summed E-state index contributed by atoms with van der Waals surface area (Å²) in [4.78, 5) is 12.2. The van der Waals surface area contributed by atoms with Crippen molar-refractivity contribution in [2.45, 2.75) is 46.1 Å². The number of guanidine groups is 1. The summed E-state index contributed by atoms with van der Waals surface area (Å²) >= 11 is 0. The Kier molecular flexibility index (Phi) is 5.60. The minimum atomic E-state index is 0.474. The van der Waals surface area contributed by atoms with Crippen LogP contribution in [0.2, 0.25) is 0 Å². The van der Waals surface area contributed by atoms with Crippen molar-refractivity contribution in [2.75, 3.05) is 6.54 Å². The van der Waals surface area contributed by atoms with Gasteiger partial charge in [0.25, 0.3) is 0 Å². The smallest absolute Gasteiger partial charge is 0.189 e. The molecule has 5 heteroatoms. The third-order valence-corrected chi connectivity index (χ3v) is 3.50. The van der Waals surface area contributed by atoms with E-state index in [1.807, 2.05) is 12.1 Å². The number of hydrogen-bond acceptors (Lipinski definition) is 2. The van der Waals surface area contributed by atoms with E-state index in [1.165, 1.54) is 24.8 Å². The van der Waals surface area contributed by atoms with Gasteiger partial charge < -0.3 is 16.0 Å². The largest absolute Gasteiger partial charge is 0.370 e. The van der Waals surface area contributed by atoms with Crippen LogP contribution in [0.5, 0.6) is 0 Å². The number of imidazole rings is 1. The minimum absolute atomic E-state index is 0.474. The highest BCUT2D eigenvalue weighted by molar-refractivity contribution is 5.79. The van der Waals surface area contributed by atoms with Gasteiger partial charge in [0.15, 0.2) is 5.96 Å². The average Bonchev–Trinajstić information content (AvgIpc) is 2.89. The molecule has 1 aromatic carbocycles. The minimum Gasteiger partial charge on any atom is -0.370 e. The molecule has 0 atom stereocenters. The second kappa shape index (κ2) is 7.67. The molecule has 0 saturated carbocycles. The van der Waals surface area contributed by atoms with Crippen molar-refractivity contribution in [3.63, 3.8) is 0 Å². The Hall–Kier alpha value is -2.04. The Balaban J connectivity index is 1.85. The molecule has 4 N–H and O–H groups in total. The number of H-pyrrole nitrogens is 1.